The molecule has 1 fully saturated rings. The molecule has 7 heteroatoms. The molecule has 0 bridgehead atoms. The lowest BCUT2D eigenvalue weighted by Crippen LogP contribution is -2.50. The summed E-state index contributed by atoms with van der Waals surface area (Å²) in [5.74, 6) is -0.877. The first kappa shape index (κ1) is 17.9. The van der Waals surface area contributed by atoms with Crippen LogP contribution in [0.5, 0.6) is 0 Å². The van der Waals surface area contributed by atoms with E-state index in [2.05, 4.69) is 16.7 Å². The van der Waals surface area contributed by atoms with Gasteiger partial charge in [0.25, 0.3) is 0 Å². The third-order valence-electron chi connectivity index (χ3n) is 3.96. The van der Waals surface area contributed by atoms with Crippen molar-refractivity contribution in [2.24, 2.45) is 5.92 Å². The molecular formula is C17H21FN4O2. The normalized spacial score (nSPS) is 16.1. The van der Waals surface area contributed by atoms with Gasteiger partial charge in [0, 0.05) is 5.69 Å². The number of amides is 2. The Bertz CT molecular complexity index is 669. The highest BCUT2D eigenvalue weighted by molar-refractivity contribution is 5.92. The molecule has 0 unspecified atom stereocenters. The average molecular weight is 332 g/mol. The number of halogens is 1. The highest BCUT2D eigenvalue weighted by Crippen LogP contribution is 2.39. The van der Waals surface area contributed by atoms with E-state index in [1.165, 1.54) is 23.1 Å². The Morgan fingerprint density at radius 1 is 1.38 bits per heavy atom. The molecule has 0 heterocycles. The van der Waals surface area contributed by atoms with Gasteiger partial charge in [-0.3, -0.25) is 14.5 Å². The largest absolute Gasteiger partial charge is 0.337 e. The third kappa shape index (κ3) is 5.03. The number of carbonyl (C=O) groups is 2. The molecule has 1 aliphatic rings. The van der Waals surface area contributed by atoms with Crippen LogP contribution < -0.4 is 10.6 Å². The van der Waals surface area contributed by atoms with Crippen molar-refractivity contribution in [2.75, 3.05) is 25.5 Å². The molecule has 0 saturated heterocycles. The molecule has 6 nitrogen and oxygen atoms in total. The Morgan fingerprint density at radius 2 is 2.04 bits per heavy atom. The van der Waals surface area contributed by atoms with Gasteiger partial charge in [-0.2, -0.15) is 5.26 Å². The van der Waals surface area contributed by atoms with E-state index >= 15 is 0 Å². The van der Waals surface area contributed by atoms with Crippen molar-refractivity contribution in [3.63, 3.8) is 0 Å². The molecule has 1 saturated carbocycles. The summed E-state index contributed by atoms with van der Waals surface area (Å²) in [5.41, 5.74) is -0.481. The SMILES string of the molecule is CN(CC(=O)Nc1cccc(F)c1)CC(=O)N[C@@](C)(C#N)C1CC1. The monoisotopic (exact) mass is 332 g/mol. The van der Waals surface area contributed by atoms with E-state index in [0.717, 1.165) is 12.8 Å². The van der Waals surface area contributed by atoms with Gasteiger partial charge >= 0.3 is 0 Å². The minimum atomic E-state index is -0.845. The van der Waals surface area contributed by atoms with E-state index in [9.17, 15) is 19.2 Å². The highest BCUT2D eigenvalue weighted by atomic mass is 19.1. The fourth-order valence-electron chi connectivity index (χ4n) is 2.52. The van der Waals surface area contributed by atoms with Gasteiger partial charge in [-0.15, -0.1) is 0 Å². The zero-order valence-electron chi connectivity index (χ0n) is 13.8. The van der Waals surface area contributed by atoms with Crippen molar-refractivity contribution in [1.29, 1.82) is 5.26 Å². The van der Waals surface area contributed by atoms with E-state index in [-0.39, 0.29) is 30.8 Å². The van der Waals surface area contributed by atoms with Gasteiger partial charge < -0.3 is 10.6 Å². The van der Waals surface area contributed by atoms with Crippen LogP contribution in [0.4, 0.5) is 10.1 Å². The van der Waals surface area contributed by atoms with Crippen molar-refractivity contribution < 1.29 is 14.0 Å². The van der Waals surface area contributed by atoms with Crippen molar-refractivity contribution in [3.8, 4) is 6.07 Å². The number of nitriles is 1. The van der Waals surface area contributed by atoms with E-state index in [1.54, 1.807) is 20.0 Å². The second kappa shape index (κ2) is 7.41. The van der Waals surface area contributed by atoms with Gasteiger partial charge in [0.05, 0.1) is 19.2 Å². The first-order valence-electron chi connectivity index (χ1n) is 7.78. The number of rotatable bonds is 7. The Labute approximate surface area is 140 Å². The summed E-state index contributed by atoms with van der Waals surface area (Å²) in [6.45, 7) is 1.70. The highest BCUT2D eigenvalue weighted by Gasteiger charge is 2.43. The molecule has 128 valence electrons. The second-order valence-electron chi connectivity index (χ2n) is 6.37. The smallest absolute Gasteiger partial charge is 0.238 e. The summed E-state index contributed by atoms with van der Waals surface area (Å²) in [5, 5.41) is 14.6. The van der Waals surface area contributed by atoms with Crippen LogP contribution in [0.15, 0.2) is 24.3 Å². The summed E-state index contributed by atoms with van der Waals surface area (Å²) in [6, 6.07) is 7.76. The number of likely N-dealkylation sites (N-methyl/N-ethyl adjacent to an activating group) is 1. The predicted octanol–water partition coefficient (Wildman–Crippen LogP) is 1.50. The van der Waals surface area contributed by atoms with Gasteiger partial charge in [-0.05, 0) is 50.9 Å². The zero-order valence-corrected chi connectivity index (χ0v) is 13.8. The lowest BCUT2D eigenvalue weighted by Gasteiger charge is -2.24. The molecule has 0 radical (unpaired) electrons. The zero-order chi connectivity index (χ0) is 17.7. The number of hydrogen-bond acceptors (Lipinski definition) is 4. The standard InChI is InChI=1S/C17H21FN4O2/c1-17(11-19,12-6-7-12)21-16(24)10-22(2)9-15(23)20-14-5-3-4-13(18)8-14/h3-5,8,12H,6-7,9-10H2,1-2H3,(H,20,23)(H,21,24)/t17-/m0/s1. The molecule has 2 rings (SSSR count). The maximum absolute atomic E-state index is 13.1. The Hall–Kier alpha value is -2.46. The summed E-state index contributed by atoms with van der Waals surface area (Å²) >= 11 is 0. The molecule has 0 spiro atoms. The number of nitrogens with one attached hydrogen (secondary N) is 2. The molecule has 1 atom stereocenters. The molecular weight excluding hydrogens is 311 g/mol. The molecule has 24 heavy (non-hydrogen) atoms. The van der Waals surface area contributed by atoms with Crippen LogP contribution in [-0.4, -0.2) is 42.4 Å². The van der Waals surface area contributed by atoms with Gasteiger partial charge in [-0.1, -0.05) is 6.07 Å². The van der Waals surface area contributed by atoms with Gasteiger partial charge in [0.2, 0.25) is 11.8 Å². The average Bonchev–Trinajstić information content (AvgIpc) is 3.31. The maximum Gasteiger partial charge on any atom is 0.238 e. The van der Waals surface area contributed by atoms with Crippen molar-refractivity contribution in [1.82, 2.24) is 10.2 Å². The van der Waals surface area contributed by atoms with Crippen LogP contribution in [0.2, 0.25) is 0 Å². The Morgan fingerprint density at radius 3 is 2.62 bits per heavy atom. The molecule has 0 aromatic heterocycles. The van der Waals surface area contributed by atoms with Crippen molar-refractivity contribution >= 4 is 17.5 Å². The van der Waals surface area contributed by atoms with Crippen molar-refractivity contribution in [2.45, 2.75) is 25.3 Å². The molecule has 1 aliphatic carbocycles. The summed E-state index contributed by atoms with van der Waals surface area (Å²) < 4.78 is 13.1. The van der Waals surface area contributed by atoms with Gasteiger partial charge in [0.1, 0.15) is 11.4 Å². The first-order chi connectivity index (χ1) is 11.3. The Balaban J connectivity index is 1.79. The lowest BCUT2D eigenvalue weighted by molar-refractivity contribution is -0.124. The molecule has 2 N–H and O–H groups in total. The summed E-state index contributed by atoms with van der Waals surface area (Å²) in [6.07, 6.45) is 1.88. The van der Waals surface area contributed by atoms with Crippen molar-refractivity contribution in [3.05, 3.63) is 30.1 Å². The van der Waals surface area contributed by atoms with E-state index in [4.69, 9.17) is 0 Å². The van der Waals surface area contributed by atoms with Crippen LogP contribution in [0.3, 0.4) is 0 Å². The predicted molar refractivity (Wildman–Crippen MR) is 87.4 cm³/mol. The minimum Gasteiger partial charge on any atom is -0.337 e. The summed E-state index contributed by atoms with van der Waals surface area (Å²) in [7, 11) is 1.63. The fraction of sp³-hybridized carbons (Fsp3) is 0.471. The number of benzene rings is 1. The third-order valence-corrected chi connectivity index (χ3v) is 3.96. The second-order valence-corrected chi connectivity index (χ2v) is 6.37. The maximum atomic E-state index is 13.1. The quantitative estimate of drug-likeness (QED) is 0.792. The molecule has 1 aromatic rings. The van der Waals surface area contributed by atoms with E-state index in [1.807, 2.05) is 0 Å². The van der Waals surface area contributed by atoms with Crippen LogP contribution in [0, 0.1) is 23.1 Å². The van der Waals surface area contributed by atoms with Crippen LogP contribution in [0.1, 0.15) is 19.8 Å². The van der Waals surface area contributed by atoms with Crippen LogP contribution in [-0.2, 0) is 9.59 Å². The Kier molecular flexibility index (Phi) is 5.52. The van der Waals surface area contributed by atoms with Gasteiger partial charge in [0.15, 0.2) is 0 Å². The summed E-state index contributed by atoms with van der Waals surface area (Å²) in [4.78, 5) is 25.5. The number of carbonyl (C=O) groups excluding carboxylic acids is 2. The number of nitrogens with zero attached hydrogens (tertiary/aromatic N) is 2. The van der Waals surface area contributed by atoms with E-state index < -0.39 is 11.4 Å². The fourth-order valence-corrected chi connectivity index (χ4v) is 2.52. The van der Waals surface area contributed by atoms with Crippen LogP contribution in [0.25, 0.3) is 0 Å². The number of hydrogen-bond donors (Lipinski definition) is 2. The van der Waals surface area contributed by atoms with Gasteiger partial charge in [-0.25, -0.2) is 4.39 Å². The molecule has 2 amide bonds. The topological polar surface area (TPSA) is 85.2 Å². The minimum absolute atomic E-state index is 0.000556. The first-order valence-corrected chi connectivity index (χ1v) is 7.78. The van der Waals surface area contributed by atoms with Crippen LogP contribution >= 0.6 is 0 Å². The van der Waals surface area contributed by atoms with E-state index in [0.29, 0.717) is 5.69 Å². The molecule has 1 aromatic carbocycles. The lowest BCUT2D eigenvalue weighted by atomic mass is 9.98. The number of anilines is 1. The molecule has 0 aliphatic heterocycles.